The van der Waals surface area contributed by atoms with Gasteiger partial charge in [-0.05, 0) is 6.07 Å². The van der Waals surface area contributed by atoms with Gasteiger partial charge in [-0.1, -0.05) is 18.2 Å². The summed E-state index contributed by atoms with van der Waals surface area (Å²) in [6.45, 7) is 0. The molecule has 0 saturated heterocycles. The molecule has 0 amide bonds. The fourth-order valence-corrected chi connectivity index (χ4v) is 1.36. The van der Waals surface area contributed by atoms with E-state index in [1.807, 2.05) is 24.3 Å². The maximum Gasteiger partial charge on any atom is 0.219 e. The first-order valence-corrected chi connectivity index (χ1v) is 4.52. The van der Waals surface area contributed by atoms with Crippen LogP contribution in [0, 0.1) is 0 Å². The molecule has 0 fully saturated rings. The number of hydrogen-bond donors (Lipinski definition) is 1. The maximum atomic E-state index is 5.42. The third kappa shape index (κ3) is 1.88. The highest BCUT2D eigenvalue weighted by Crippen LogP contribution is 2.28. The van der Waals surface area contributed by atoms with E-state index in [-0.39, 0.29) is 5.95 Å². The van der Waals surface area contributed by atoms with Gasteiger partial charge in [-0.2, -0.15) is 0 Å². The number of methoxy groups -OCH3 is 1. The van der Waals surface area contributed by atoms with Crippen molar-refractivity contribution in [3.05, 3.63) is 36.7 Å². The highest BCUT2D eigenvalue weighted by Gasteiger charge is 2.04. The van der Waals surface area contributed by atoms with Crippen molar-refractivity contribution in [2.24, 2.45) is 0 Å². The zero-order valence-electron chi connectivity index (χ0n) is 8.34. The molecule has 0 aliphatic heterocycles. The molecule has 1 aromatic heterocycles. The molecule has 15 heavy (non-hydrogen) atoms. The standard InChI is InChI=1S/C11H11N3O/c1-15-10-5-3-2-4-9(10)8-6-13-11(12)14-7-8/h2-7H,1H3,(H2,12,13,14). The summed E-state index contributed by atoms with van der Waals surface area (Å²) < 4.78 is 5.24. The zero-order valence-corrected chi connectivity index (χ0v) is 8.34. The van der Waals surface area contributed by atoms with Gasteiger partial charge in [0.15, 0.2) is 0 Å². The van der Waals surface area contributed by atoms with Crippen molar-refractivity contribution in [1.29, 1.82) is 0 Å². The summed E-state index contributed by atoms with van der Waals surface area (Å²) in [7, 11) is 1.64. The van der Waals surface area contributed by atoms with Crippen molar-refractivity contribution >= 4 is 5.95 Å². The fourth-order valence-electron chi connectivity index (χ4n) is 1.36. The molecule has 2 aromatic rings. The van der Waals surface area contributed by atoms with Crippen LogP contribution in [0.4, 0.5) is 5.95 Å². The van der Waals surface area contributed by atoms with E-state index in [0.29, 0.717) is 0 Å². The molecule has 0 radical (unpaired) electrons. The largest absolute Gasteiger partial charge is 0.496 e. The van der Waals surface area contributed by atoms with Crippen LogP contribution in [0.5, 0.6) is 5.75 Å². The Hall–Kier alpha value is -2.10. The van der Waals surface area contributed by atoms with E-state index < -0.39 is 0 Å². The van der Waals surface area contributed by atoms with Gasteiger partial charge in [-0.3, -0.25) is 0 Å². The number of nitrogens with two attached hydrogens (primary N) is 1. The van der Waals surface area contributed by atoms with Gasteiger partial charge in [0.2, 0.25) is 5.95 Å². The second kappa shape index (κ2) is 3.96. The lowest BCUT2D eigenvalue weighted by molar-refractivity contribution is 0.416. The lowest BCUT2D eigenvalue weighted by Crippen LogP contribution is -1.94. The highest BCUT2D eigenvalue weighted by molar-refractivity contribution is 5.69. The minimum atomic E-state index is 0.272. The Balaban J connectivity index is 2.49. The van der Waals surface area contributed by atoms with Crippen LogP contribution in [0.3, 0.4) is 0 Å². The lowest BCUT2D eigenvalue weighted by Gasteiger charge is -2.07. The molecule has 0 atom stereocenters. The monoisotopic (exact) mass is 201 g/mol. The molecule has 0 aliphatic carbocycles. The van der Waals surface area contributed by atoms with Crippen LogP contribution in [0.1, 0.15) is 0 Å². The van der Waals surface area contributed by atoms with Crippen molar-refractivity contribution in [3.8, 4) is 16.9 Å². The summed E-state index contributed by atoms with van der Waals surface area (Å²) in [5.41, 5.74) is 7.27. The molecular weight excluding hydrogens is 190 g/mol. The number of para-hydroxylation sites is 1. The maximum absolute atomic E-state index is 5.42. The minimum absolute atomic E-state index is 0.272. The number of rotatable bonds is 2. The Bertz CT molecular complexity index is 454. The molecule has 4 nitrogen and oxygen atoms in total. The quantitative estimate of drug-likeness (QED) is 0.803. The Morgan fingerprint density at radius 3 is 2.47 bits per heavy atom. The molecule has 1 aromatic carbocycles. The molecule has 2 rings (SSSR count). The predicted molar refractivity (Wildman–Crippen MR) is 58.4 cm³/mol. The van der Waals surface area contributed by atoms with Gasteiger partial charge < -0.3 is 10.5 Å². The summed E-state index contributed by atoms with van der Waals surface area (Å²) in [6.07, 6.45) is 3.36. The van der Waals surface area contributed by atoms with Gasteiger partial charge >= 0.3 is 0 Å². The lowest BCUT2D eigenvalue weighted by atomic mass is 10.1. The van der Waals surface area contributed by atoms with Crippen molar-refractivity contribution in [1.82, 2.24) is 9.97 Å². The van der Waals surface area contributed by atoms with Crippen LogP contribution < -0.4 is 10.5 Å². The van der Waals surface area contributed by atoms with E-state index in [2.05, 4.69) is 9.97 Å². The molecule has 0 spiro atoms. The second-order valence-electron chi connectivity index (χ2n) is 3.03. The average molecular weight is 201 g/mol. The van der Waals surface area contributed by atoms with E-state index >= 15 is 0 Å². The molecule has 4 heteroatoms. The Kier molecular flexibility index (Phi) is 2.49. The van der Waals surface area contributed by atoms with E-state index in [1.54, 1.807) is 19.5 Å². The molecular formula is C11H11N3O. The van der Waals surface area contributed by atoms with Crippen molar-refractivity contribution in [3.63, 3.8) is 0 Å². The number of aromatic nitrogens is 2. The average Bonchev–Trinajstić information content (AvgIpc) is 2.30. The first kappa shape index (κ1) is 9.45. The highest BCUT2D eigenvalue weighted by atomic mass is 16.5. The predicted octanol–water partition coefficient (Wildman–Crippen LogP) is 1.73. The Morgan fingerprint density at radius 2 is 1.80 bits per heavy atom. The van der Waals surface area contributed by atoms with E-state index in [0.717, 1.165) is 16.9 Å². The molecule has 0 bridgehead atoms. The number of hydrogen-bond acceptors (Lipinski definition) is 4. The number of nitrogen functional groups attached to an aromatic ring is 1. The van der Waals surface area contributed by atoms with Gasteiger partial charge in [0.25, 0.3) is 0 Å². The van der Waals surface area contributed by atoms with Crippen molar-refractivity contribution < 1.29 is 4.74 Å². The van der Waals surface area contributed by atoms with Gasteiger partial charge in [0, 0.05) is 23.5 Å². The number of anilines is 1. The van der Waals surface area contributed by atoms with Crippen molar-refractivity contribution in [2.45, 2.75) is 0 Å². The number of benzene rings is 1. The summed E-state index contributed by atoms with van der Waals surface area (Å²) in [5.74, 6) is 1.07. The van der Waals surface area contributed by atoms with Crippen LogP contribution in [-0.2, 0) is 0 Å². The van der Waals surface area contributed by atoms with E-state index in [9.17, 15) is 0 Å². The van der Waals surface area contributed by atoms with Gasteiger partial charge in [0.1, 0.15) is 5.75 Å². The first-order valence-electron chi connectivity index (χ1n) is 4.52. The minimum Gasteiger partial charge on any atom is -0.496 e. The third-order valence-corrected chi connectivity index (χ3v) is 2.09. The van der Waals surface area contributed by atoms with Gasteiger partial charge in [-0.25, -0.2) is 9.97 Å². The summed E-state index contributed by atoms with van der Waals surface area (Å²) >= 11 is 0. The second-order valence-corrected chi connectivity index (χ2v) is 3.03. The van der Waals surface area contributed by atoms with E-state index in [4.69, 9.17) is 10.5 Å². The van der Waals surface area contributed by atoms with Crippen LogP contribution >= 0.6 is 0 Å². The van der Waals surface area contributed by atoms with Crippen LogP contribution in [-0.4, -0.2) is 17.1 Å². The van der Waals surface area contributed by atoms with Crippen LogP contribution in [0.15, 0.2) is 36.7 Å². The number of nitrogens with zero attached hydrogens (tertiary/aromatic N) is 2. The topological polar surface area (TPSA) is 61.0 Å². The van der Waals surface area contributed by atoms with E-state index in [1.165, 1.54) is 0 Å². The molecule has 76 valence electrons. The molecule has 0 saturated carbocycles. The van der Waals surface area contributed by atoms with Crippen molar-refractivity contribution in [2.75, 3.05) is 12.8 Å². The Morgan fingerprint density at radius 1 is 1.13 bits per heavy atom. The fraction of sp³-hybridized carbons (Fsp3) is 0.0909. The van der Waals surface area contributed by atoms with Gasteiger partial charge in [-0.15, -0.1) is 0 Å². The summed E-state index contributed by atoms with van der Waals surface area (Å²) in [4.78, 5) is 7.88. The summed E-state index contributed by atoms with van der Waals surface area (Å²) in [6, 6.07) is 7.70. The van der Waals surface area contributed by atoms with Gasteiger partial charge in [0.05, 0.1) is 7.11 Å². The number of ether oxygens (including phenoxy) is 1. The third-order valence-electron chi connectivity index (χ3n) is 2.09. The molecule has 0 unspecified atom stereocenters. The Labute approximate surface area is 87.7 Å². The zero-order chi connectivity index (χ0) is 10.7. The molecule has 0 aliphatic rings. The first-order chi connectivity index (χ1) is 7.31. The van der Waals surface area contributed by atoms with Crippen LogP contribution in [0.2, 0.25) is 0 Å². The summed E-state index contributed by atoms with van der Waals surface area (Å²) in [5, 5.41) is 0. The SMILES string of the molecule is COc1ccccc1-c1cnc(N)nc1. The molecule has 2 N–H and O–H groups in total. The van der Waals surface area contributed by atoms with Crippen LogP contribution in [0.25, 0.3) is 11.1 Å². The smallest absolute Gasteiger partial charge is 0.219 e. The normalized spacial score (nSPS) is 9.93. The molecule has 1 heterocycles.